The van der Waals surface area contributed by atoms with Crippen molar-refractivity contribution in [3.05, 3.63) is 42.5 Å². The fourth-order valence-corrected chi connectivity index (χ4v) is 3.47. The molecule has 1 N–H and O–H groups in total. The van der Waals surface area contributed by atoms with Gasteiger partial charge in [-0.15, -0.1) is 0 Å². The molecule has 1 saturated heterocycles. The molecule has 2 aliphatic heterocycles. The van der Waals surface area contributed by atoms with Crippen LogP contribution in [0.5, 0.6) is 17.2 Å². The Morgan fingerprint density at radius 2 is 1.83 bits per heavy atom. The Labute approximate surface area is 169 Å². The van der Waals surface area contributed by atoms with Crippen LogP contribution >= 0.6 is 0 Å². The molecule has 1 fully saturated rings. The molecule has 0 bridgehead atoms. The van der Waals surface area contributed by atoms with E-state index in [9.17, 15) is 9.59 Å². The summed E-state index contributed by atoms with van der Waals surface area (Å²) in [7, 11) is 0. The number of amides is 2. The molecule has 1 unspecified atom stereocenters. The first-order chi connectivity index (χ1) is 14.0. The van der Waals surface area contributed by atoms with Crippen molar-refractivity contribution in [2.24, 2.45) is 5.92 Å². The van der Waals surface area contributed by atoms with Crippen LogP contribution in [0.3, 0.4) is 0 Å². The normalized spacial score (nSPS) is 18.1. The maximum absolute atomic E-state index is 12.7. The van der Waals surface area contributed by atoms with Crippen LogP contribution in [0.4, 0.5) is 11.4 Å². The molecule has 2 aliphatic rings. The minimum absolute atomic E-state index is 0.0810. The monoisotopic (exact) mass is 396 g/mol. The number of fused-ring (bicyclic) bond motifs is 1. The van der Waals surface area contributed by atoms with Gasteiger partial charge in [-0.1, -0.05) is 0 Å². The topological polar surface area (TPSA) is 77.1 Å². The zero-order valence-corrected chi connectivity index (χ0v) is 16.5. The van der Waals surface area contributed by atoms with Crippen molar-refractivity contribution in [1.82, 2.24) is 0 Å². The molecule has 0 radical (unpaired) electrons. The highest BCUT2D eigenvalue weighted by Crippen LogP contribution is 2.36. The lowest BCUT2D eigenvalue weighted by Gasteiger charge is -2.22. The molecular formula is C22H24N2O5. The summed E-state index contributed by atoms with van der Waals surface area (Å²) in [5.74, 6) is 1.38. The Morgan fingerprint density at radius 1 is 1.10 bits per heavy atom. The predicted octanol–water partition coefficient (Wildman–Crippen LogP) is 3.24. The maximum atomic E-state index is 12.7. The van der Waals surface area contributed by atoms with E-state index in [-0.39, 0.29) is 24.3 Å². The minimum atomic E-state index is -0.415. The lowest BCUT2D eigenvalue weighted by molar-refractivity contribution is -0.122. The van der Waals surface area contributed by atoms with E-state index < -0.39 is 5.92 Å². The Bertz CT molecular complexity index is 910. The van der Waals surface area contributed by atoms with E-state index in [1.807, 2.05) is 32.0 Å². The highest BCUT2D eigenvalue weighted by atomic mass is 16.6. The number of rotatable bonds is 5. The summed E-state index contributed by atoms with van der Waals surface area (Å²) in [5, 5.41) is 2.89. The van der Waals surface area contributed by atoms with Crippen molar-refractivity contribution in [1.29, 1.82) is 0 Å². The number of carbonyl (C=O) groups is 2. The van der Waals surface area contributed by atoms with Gasteiger partial charge in [-0.05, 0) is 50.2 Å². The second-order valence-corrected chi connectivity index (χ2v) is 7.41. The molecule has 1 atom stereocenters. The van der Waals surface area contributed by atoms with Gasteiger partial charge in [0.15, 0.2) is 11.5 Å². The highest BCUT2D eigenvalue weighted by Gasteiger charge is 2.35. The standard InChI is InChI=1S/C22H24N2O5/c1-14(2)29-18-6-3-16(4-7-18)23-22(26)15-11-21(25)24(13-15)17-5-8-19-20(12-17)28-10-9-27-19/h3-8,12,14-15H,9-11,13H2,1-2H3,(H,23,26). The van der Waals surface area contributed by atoms with Crippen LogP contribution < -0.4 is 24.4 Å². The average Bonchev–Trinajstić information content (AvgIpc) is 3.10. The first kappa shape index (κ1) is 19.1. The van der Waals surface area contributed by atoms with Gasteiger partial charge in [-0.2, -0.15) is 0 Å². The fraction of sp³-hybridized carbons (Fsp3) is 0.364. The van der Waals surface area contributed by atoms with Crippen molar-refractivity contribution >= 4 is 23.2 Å². The molecule has 7 nitrogen and oxygen atoms in total. The SMILES string of the molecule is CC(C)Oc1ccc(NC(=O)C2CC(=O)N(c3ccc4c(c3)OCCO4)C2)cc1. The molecule has 2 amide bonds. The number of hydrogen-bond acceptors (Lipinski definition) is 5. The summed E-state index contributed by atoms with van der Waals surface area (Å²) >= 11 is 0. The predicted molar refractivity (Wildman–Crippen MR) is 109 cm³/mol. The van der Waals surface area contributed by atoms with Gasteiger partial charge in [0, 0.05) is 30.4 Å². The van der Waals surface area contributed by atoms with Gasteiger partial charge in [0.05, 0.1) is 12.0 Å². The fourth-order valence-electron chi connectivity index (χ4n) is 3.47. The van der Waals surface area contributed by atoms with Gasteiger partial charge in [0.1, 0.15) is 19.0 Å². The van der Waals surface area contributed by atoms with Crippen LogP contribution in [0, 0.1) is 5.92 Å². The van der Waals surface area contributed by atoms with Crippen molar-refractivity contribution < 1.29 is 23.8 Å². The number of benzene rings is 2. The summed E-state index contributed by atoms with van der Waals surface area (Å²) in [6.45, 7) is 5.25. The quantitative estimate of drug-likeness (QED) is 0.840. The summed E-state index contributed by atoms with van der Waals surface area (Å²) < 4.78 is 16.7. The first-order valence-electron chi connectivity index (χ1n) is 9.77. The van der Waals surface area contributed by atoms with Crippen LogP contribution in [0.25, 0.3) is 0 Å². The van der Waals surface area contributed by atoms with Gasteiger partial charge in [0.2, 0.25) is 11.8 Å². The Balaban J connectivity index is 1.40. The molecule has 4 rings (SSSR count). The number of anilines is 2. The van der Waals surface area contributed by atoms with E-state index >= 15 is 0 Å². The molecule has 0 spiro atoms. The van der Waals surface area contributed by atoms with Crippen LogP contribution in [0.1, 0.15) is 20.3 Å². The molecule has 2 aromatic carbocycles. The molecule has 29 heavy (non-hydrogen) atoms. The molecule has 2 heterocycles. The smallest absolute Gasteiger partial charge is 0.229 e. The van der Waals surface area contributed by atoms with Crippen LogP contribution in [0.15, 0.2) is 42.5 Å². The molecule has 2 aromatic rings. The summed E-state index contributed by atoms with van der Waals surface area (Å²) in [6, 6.07) is 12.6. The van der Waals surface area contributed by atoms with Crippen molar-refractivity contribution in [2.75, 3.05) is 30.0 Å². The average molecular weight is 396 g/mol. The van der Waals surface area contributed by atoms with E-state index in [0.717, 1.165) is 5.75 Å². The van der Waals surface area contributed by atoms with Crippen LogP contribution in [-0.2, 0) is 9.59 Å². The number of nitrogens with zero attached hydrogens (tertiary/aromatic N) is 1. The van der Waals surface area contributed by atoms with E-state index in [4.69, 9.17) is 14.2 Å². The summed E-state index contributed by atoms with van der Waals surface area (Å²) in [4.78, 5) is 26.8. The lowest BCUT2D eigenvalue weighted by atomic mass is 10.1. The molecular weight excluding hydrogens is 372 g/mol. The molecule has 0 aromatic heterocycles. The minimum Gasteiger partial charge on any atom is -0.491 e. The van der Waals surface area contributed by atoms with Crippen LogP contribution in [0.2, 0.25) is 0 Å². The van der Waals surface area contributed by atoms with Gasteiger partial charge in [-0.3, -0.25) is 9.59 Å². The first-order valence-corrected chi connectivity index (χ1v) is 9.77. The molecule has 0 aliphatic carbocycles. The Morgan fingerprint density at radius 3 is 2.55 bits per heavy atom. The lowest BCUT2D eigenvalue weighted by Crippen LogP contribution is -2.28. The maximum Gasteiger partial charge on any atom is 0.229 e. The third-order valence-electron chi connectivity index (χ3n) is 4.83. The molecule has 152 valence electrons. The van der Waals surface area contributed by atoms with E-state index in [0.29, 0.717) is 42.6 Å². The van der Waals surface area contributed by atoms with Crippen molar-refractivity contribution in [3.63, 3.8) is 0 Å². The van der Waals surface area contributed by atoms with Crippen molar-refractivity contribution in [3.8, 4) is 17.2 Å². The molecule has 0 saturated carbocycles. The molecule has 7 heteroatoms. The second kappa shape index (κ2) is 8.03. The Kier molecular flexibility index (Phi) is 5.29. The van der Waals surface area contributed by atoms with Crippen LogP contribution in [-0.4, -0.2) is 37.7 Å². The number of ether oxygens (including phenoxy) is 3. The highest BCUT2D eigenvalue weighted by molar-refractivity contribution is 6.03. The van der Waals surface area contributed by atoms with Gasteiger partial charge < -0.3 is 24.4 Å². The van der Waals surface area contributed by atoms with Crippen molar-refractivity contribution in [2.45, 2.75) is 26.4 Å². The summed E-state index contributed by atoms with van der Waals surface area (Å²) in [5.41, 5.74) is 1.39. The zero-order chi connectivity index (χ0) is 20.4. The van der Waals surface area contributed by atoms with Gasteiger partial charge in [-0.25, -0.2) is 0 Å². The van der Waals surface area contributed by atoms with E-state index in [1.54, 1.807) is 29.2 Å². The van der Waals surface area contributed by atoms with E-state index in [2.05, 4.69) is 5.32 Å². The number of nitrogens with one attached hydrogen (secondary N) is 1. The largest absolute Gasteiger partial charge is 0.491 e. The Hall–Kier alpha value is -3.22. The number of carbonyl (C=O) groups excluding carboxylic acids is 2. The third-order valence-corrected chi connectivity index (χ3v) is 4.83. The summed E-state index contributed by atoms with van der Waals surface area (Å²) in [6.07, 6.45) is 0.265. The van der Waals surface area contributed by atoms with Gasteiger partial charge >= 0.3 is 0 Å². The zero-order valence-electron chi connectivity index (χ0n) is 16.5. The number of hydrogen-bond donors (Lipinski definition) is 1. The third kappa shape index (κ3) is 4.29. The van der Waals surface area contributed by atoms with E-state index in [1.165, 1.54) is 0 Å². The van der Waals surface area contributed by atoms with Gasteiger partial charge in [0.25, 0.3) is 0 Å². The second-order valence-electron chi connectivity index (χ2n) is 7.41.